The van der Waals surface area contributed by atoms with Gasteiger partial charge in [-0.15, -0.1) is 0 Å². The van der Waals surface area contributed by atoms with Crippen LogP contribution in [0.5, 0.6) is 0 Å². The van der Waals surface area contributed by atoms with Crippen LogP contribution in [0.15, 0.2) is 22.7 Å². The van der Waals surface area contributed by atoms with Crippen LogP contribution in [-0.2, 0) is 16.8 Å². The van der Waals surface area contributed by atoms with E-state index in [0.29, 0.717) is 11.7 Å². The summed E-state index contributed by atoms with van der Waals surface area (Å²) in [4.78, 5) is 16.1. The van der Waals surface area contributed by atoms with Crippen LogP contribution >= 0.6 is 0 Å². The molecule has 2 aliphatic rings. The Morgan fingerprint density at radius 3 is 2.91 bits per heavy atom. The fourth-order valence-corrected chi connectivity index (χ4v) is 3.02. The zero-order chi connectivity index (χ0) is 16.0. The molecule has 1 heterocycles. The summed E-state index contributed by atoms with van der Waals surface area (Å²) in [5.41, 5.74) is 1.61. The summed E-state index contributed by atoms with van der Waals surface area (Å²) >= 11 is 0. The average Bonchev–Trinajstić information content (AvgIpc) is 3.46. The molecule has 6 heteroatoms. The van der Waals surface area contributed by atoms with Crippen LogP contribution in [0.2, 0.25) is 0 Å². The third kappa shape index (κ3) is 2.62. The first-order valence-corrected chi connectivity index (χ1v) is 7.96. The second kappa shape index (κ2) is 5.15. The number of benzene rings is 1. The highest BCUT2D eigenvalue weighted by atomic mass is 19.1. The molecule has 0 saturated heterocycles. The summed E-state index contributed by atoms with van der Waals surface area (Å²) in [6.45, 7) is 2.21. The molecule has 0 atom stereocenters. The van der Waals surface area contributed by atoms with E-state index >= 15 is 0 Å². The van der Waals surface area contributed by atoms with E-state index in [9.17, 15) is 9.18 Å². The molecule has 0 radical (unpaired) electrons. The van der Waals surface area contributed by atoms with Crippen molar-refractivity contribution in [1.29, 1.82) is 0 Å². The Morgan fingerprint density at radius 2 is 2.22 bits per heavy atom. The van der Waals surface area contributed by atoms with Crippen molar-refractivity contribution < 1.29 is 13.7 Å². The SMILES string of the molecule is Cc1ccc(F)cc1C1(c2noc(CNC(=O)C3CC3)n2)CC1. The van der Waals surface area contributed by atoms with Crippen molar-refractivity contribution in [3.63, 3.8) is 0 Å². The van der Waals surface area contributed by atoms with Crippen LogP contribution in [0.1, 0.15) is 48.5 Å². The number of nitrogens with one attached hydrogen (secondary N) is 1. The summed E-state index contributed by atoms with van der Waals surface area (Å²) in [7, 11) is 0. The van der Waals surface area contributed by atoms with Gasteiger partial charge in [-0.3, -0.25) is 4.79 Å². The number of nitrogens with zero attached hydrogens (tertiary/aromatic N) is 2. The lowest BCUT2D eigenvalue weighted by Crippen LogP contribution is -2.24. The Kier molecular flexibility index (Phi) is 3.21. The van der Waals surface area contributed by atoms with Crippen molar-refractivity contribution in [2.75, 3.05) is 0 Å². The van der Waals surface area contributed by atoms with Gasteiger partial charge in [-0.2, -0.15) is 4.98 Å². The fraction of sp³-hybridized carbons (Fsp3) is 0.471. The van der Waals surface area contributed by atoms with Crippen molar-refractivity contribution in [2.24, 2.45) is 5.92 Å². The van der Waals surface area contributed by atoms with Crippen LogP contribution in [0.25, 0.3) is 0 Å². The van der Waals surface area contributed by atoms with E-state index in [0.717, 1.165) is 36.8 Å². The molecule has 2 aliphatic carbocycles. The summed E-state index contributed by atoms with van der Waals surface area (Å²) < 4.78 is 18.9. The molecule has 1 N–H and O–H groups in total. The first kappa shape index (κ1) is 14.4. The van der Waals surface area contributed by atoms with E-state index in [2.05, 4.69) is 15.5 Å². The van der Waals surface area contributed by atoms with E-state index in [-0.39, 0.29) is 29.6 Å². The van der Waals surface area contributed by atoms with Crippen molar-refractivity contribution in [2.45, 2.75) is 44.6 Å². The van der Waals surface area contributed by atoms with Crippen LogP contribution in [0.4, 0.5) is 4.39 Å². The lowest BCUT2D eigenvalue weighted by atomic mass is 9.91. The first-order valence-electron chi connectivity index (χ1n) is 7.96. The average molecular weight is 315 g/mol. The van der Waals surface area contributed by atoms with Crippen LogP contribution in [0.3, 0.4) is 0 Å². The Morgan fingerprint density at radius 1 is 1.43 bits per heavy atom. The second-order valence-electron chi connectivity index (χ2n) is 6.55. The number of aromatic nitrogens is 2. The normalized spacial score (nSPS) is 18.7. The maximum atomic E-state index is 13.6. The third-order valence-corrected chi connectivity index (χ3v) is 4.72. The van der Waals surface area contributed by atoms with Crippen molar-refractivity contribution in [3.8, 4) is 0 Å². The molecule has 2 aromatic rings. The van der Waals surface area contributed by atoms with E-state index in [4.69, 9.17) is 4.52 Å². The molecule has 0 unspecified atom stereocenters. The van der Waals surface area contributed by atoms with E-state index in [1.807, 2.05) is 6.92 Å². The molecular formula is C17H18FN3O2. The molecule has 2 fully saturated rings. The minimum absolute atomic E-state index is 0.0480. The maximum Gasteiger partial charge on any atom is 0.246 e. The topological polar surface area (TPSA) is 68.0 Å². The second-order valence-corrected chi connectivity index (χ2v) is 6.55. The monoisotopic (exact) mass is 315 g/mol. The number of carbonyl (C=O) groups excluding carboxylic acids is 1. The summed E-state index contributed by atoms with van der Waals surface area (Å²) in [5.74, 6) is 0.933. The standard InChI is InChI=1S/C17H18FN3O2/c1-10-2-5-12(18)8-13(10)17(6-7-17)16-20-14(23-21-16)9-19-15(22)11-3-4-11/h2,5,8,11H,3-4,6-7,9H2,1H3,(H,19,22). The molecule has 23 heavy (non-hydrogen) atoms. The Bertz CT molecular complexity index is 763. The highest BCUT2D eigenvalue weighted by Gasteiger charge is 2.51. The van der Waals surface area contributed by atoms with Crippen LogP contribution in [0, 0.1) is 18.7 Å². The largest absolute Gasteiger partial charge is 0.347 e. The van der Waals surface area contributed by atoms with Crippen LogP contribution in [-0.4, -0.2) is 16.0 Å². The summed E-state index contributed by atoms with van der Waals surface area (Å²) in [6, 6.07) is 4.80. The minimum atomic E-state index is -0.339. The molecule has 1 aromatic heterocycles. The van der Waals surface area contributed by atoms with Gasteiger partial charge < -0.3 is 9.84 Å². The molecular weight excluding hydrogens is 297 g/mol. The number of aryl methyl sites for hydroxylation is 1. The van der Waals surface area contributed by atoms with Gasteiger partial charge in [0.15, 0.2) is 5.82 Å². The lowest BCUT2D eigenvalue weighted by Gasteiger charge is -2.14. The first-order chi connectivity index (χ1) is 11.1. The summed E-state index contributed by atoms with van der Waals surface area (Å²) in [6.07, 6.45) is 3.68. The Balaban J connectivity index is 1.53. The van der Waals surface area contributed by atoms with Gasteiger partial charge in [-0.25, -0.2) is 4.39 Å². The van der Waals surface area contributed by atoms with Crippen molar-refractivity contribution >= 4 is 5.91 Å². The maximum absolute atomic E-state index is 13.6. The lowest BCUT2D eigenvalue weighted by molar-refractivity contribution is -0.122. The third-order valence-electron chi connectivity index (χ3n) is 4.72. The van der Waals surface area contributed by atoms with Gasteiger partial charge in [0.25, 0.3) is 0 Å². The molecule has 5 nitrogen and oxygen atoms in total. The Labute approximate surface area is 133 Å². The predicted molar refractivity (Wildman–Crippen MR) is 80.0 cm³/mol. The van der Waals surface area contributed by atoms with Crippen molar-refractivity contribution in [3.05, 3.63) is 46.9 Å². The number of hydrogen-bond acceptors (Lipinski definition) is 4. The molecule has 4 rings (SSSR count). The molecule has 0 aliphatic heterocycles. The highest BCUT2D eigenvalue weighted by molar-refractivity contribution is 5.80. The molecule has 120 valence electrons. The number of hydrogen-bond donors (Lipinski definition) is 1. The van der Waals surface area contributed by atoms with Gasteiger partial charge in [0.1, 0.15) is 5.82 Å². The Hall–Kier alpha value is -2.24. The van der Waals surface area contributed by atoms with Crippen LogP contribution < -0.4 is 5.32 Å². The van der Waals surface area contributed by atoms with Gasteiger partial charge in [0.05, 0.1) is 12.0 Å². The summed E-state index contributed by atoms with van der Waals surface area (Å²) in [5, 5.41) is 6.89. The van der Waals surface area contributed by atoms with Gasteiger partial charge >= 0.3 is 0 Å². The highest BCUT2D eigenvalue weighted by Crippen LogP contribution is 2.53. The number of carbonyl (C=O) groups is 1. The fourth-order valence-electron chi connectivity index (χ4n) is 3.02. The quantitative estimate of drug-likeness (QED) is 0.921. The van der Waals surface area contributed by atoms with Gasteiger partial charge in [-0.05, 0) is 55.9 Å². The molecule has 2 saturated carbocycles. The van der Waals surface area contributed by atoms with E-state index in [1.165, 1.54) is 6.07 Å². The number of rotatable bonds is 5. The van der Waals surface area contributed by atoms with Gasteiger partial charge in [0.2, 0.25) is 11.8 Å². The molecule has 1 amide bonds. The number of halogens is 1. The predicted octanol–water partition coefficient (Wildman–Crippen LogP) is 2.62. The van der Waals surface area contributed by atoms with E-state index < -0.39 is 0 Å². The molecule has 1 aromatic carbocycles. The van der Waals surface area contributed by atoms with Gasteiger partial charge in [0, 0.05) is 5.92 Å². The van der Waals surface area contributed by atoms with Crippen molar-refractivity contribution in [1.82, 2.24) is 15.5 Å². The van der Waals surface area contributed by atoms with Gasteiger partial charge in [-0.1, -0.05) is 11.2 Å². The zero-order valence-electron chi connectivity index (χ0n) is 12.9. The zero-order valence-corrected chi connectivity index (χ0v) is 12.9. The molecule has 0 spiro atoms. The smallest absolute Gasteiger partial charge is 0.246 e. The molecule has 0 bridgehead atoms. The number of amides is 1. The van der Waals surface area contributed by atoms with E-state index in [1.54, 1.807) is 12.1 Å². The minimum Gasteiger partial charge on any atom is -0.347 e.